The molecule has 17 heavy (non-hydrogen) atoms. The van der Waals surface area contributed by atoms with Gasteiger partial charge in [-0.2, -0.15) is 0 Å². The molecule has 0 aliphatic rings. The zero-order chi connectivity index (χ0) is 12.4. The first kappa shape index (κ1) is 12.1. The van der Waals surface area contributed by atoms with Gasteiger partial charge in [0.25, 0.3) is 0 Å². The Morgan fingerprint density at radius 3 is 2.65 bits per heavy atom. The maximum Gasteiger partial charge on any atom is 0.118 e. The van der Waals surface area contributed by atoms with Crippen molar-refractivity contribution in [1.82, 2.24) is 14.6 Å². The van der Waals surface area contributed by atoms with Crippen molar-refractivity contribution >= 4 is 11.5 Å². The highest BCUT2D eigenvalue weighted by Gasteiger charge is 2.20. The molecule has 0 saturated carbocycles. The molecule has 2 rings (SSSR count). The zero-order valence-corrected chi connectivity index (χ0v) is 10.9. The first-order valence-electron chi connectivity index (χ1n) is 5.52. The summed E-state index contributed by atoms with van der Waals surface area (Å²) in [6.07, 6.45) is 1.02. The van der Waals surface area contributed by atoms with Crippen molar-refractivity contribution in [3.05, 3.63) is 40.2 Å². The van der Waals surface area contributed by atoms with Gasteiger partial charge in [0.05, 0.1) is 10.6 Å². The summed E-state index contributed by atoms with van der Waals surface area (Å²) in [5, 5.41) is 14.4. The van der Waals surface area contributed by atoms with Gasteiger partial charge in [-0.1, -0.05) is 24.4 Å². The summed E-state index contributed by atoms with van der Waals surface area (Å²) in [5.74, 6) is 0.261. The van der Waals surface area contributed by atoms with Crippen LogP contribution in [0.25, 0.3) is 0 Å². The van der Waals surface area contributed by atoms with Gasteiger partial charge in [-0.05, 0) is 30.4 Å². The van der Waals surface area contributed by atoms with Crippen LogP contribution in [0.2, 0.25) is 0 Å². The van der Waals surface area contributed by atoms with Crippen LogP contribution in [0.15, 0.2) is 18.3 Å². The molecular formula is C12H15N3OS. The highest BCUT2D eigenvalue weighted by molar-refractivity contribution is 7.05. The summed E-state index contributed by atoms with van der Waals surface area (Å²) in [4.78, 5) is 5.00. The Balaban J connectivity index is 2.33. The minimum atomic E-state index is -0.680. The molecule has 0 radical (unpaired) electrons. The number of hydrogen-bond donors (Lipinski definition) is 1. The number of nitrogens with zero attached hydrogens (tertiary/aromatic N) is 3. The van der Waals surface area contributed by atoms with Gasteiger partial charge in [0, 0.05) is 17.5 Å². The molecule has 2 aromatic heterocycles. The van der Waals surface area contributed by atoms with Gasteiger partial charge in [-0.25, -0.2) is 0 Å². The van der Waals surface area contributed by atoms with Crippen LogP contribution in [-0.2, 0) is 0 Å². The number of aliphatic hydroxyl groups excluding tert-OH is 1. The predicted molar refractivity (Wildman–Crippen MR) is 67.0 cm³/mol. The first-order chi connectivity index (χ1) is 8.09. The van der Waals surface area contributed by atoms with Gasteiger partial charge in [-0.15, -0.1) is 5.10 Å². The van der Waals surface area contributed by atoms with E-state index in [1.54, 1.807) is 6.20 Å². The molecule has 2 heterocycles. The second-order valence-corrected chi connectivity index (χ2v) is 5.10. The van der Waals surface area contributed by atoms with Crippen LogP contribution in [-0.4, -0.2) is 19.7 Å². The Hall–Kier alpha value is -1.33. The van der Waals surface area contributed by atoms with Crippen LogP contribution in [0.1, 0.15) is 47.7 Å². The number of aryl methyl sites for hydroxylation is 1. The van der Waals surface area contributed by atoms with Gasteiger partial charge in [0.15, 0.2) is 0 Å². The fourth-order valence-corrected chi connectivity index (χ4v) is 2.41. The second-order valence-electron chi connectivity index (χ2n) is 4.31. The third-order valence-electron chi connectivity index (χ3n) is 2.59. The molecule has 0 aliphatic heterocycles. The van der Waals surface area contributed by atoms with Gasteiger partial charge in [0.1, 0.15) is 6.10 Å². The van der Waals surface area contributed by atoms with Crippen molar-refractivity contribution in [1.29, 1.82) is 0 Å². The van der Waals surface area contributed by atoms with Gasteiger partial charge in [-0.3, -0.25) is 4.98 Å². The van der Waals surface area contributed by atoms with E-state index in [9.17, 15) is 5.11 Å². The molecule has 2 aromatic rings. The average molecular weight is 249 g/mol. The average Bonchev–Trinajstić information content (AvgIpc) is 2.78. The standard InChI is InChI=1S/C12H15N3OS/c1-7(2)10-12(17-15-14-10)11(16)9-5-4-8(3)13-6-9/h4-7,11,16H,1-3H3. The van der Waals surface area contributed by atoms with Crippen LogP contribution in [0, 0.1) is 6.92 Å². The fourth-order valence-electron chi connectivity index (χ4n) is 1.59. The summed E-state index contributed by atoms with van der Waals surface area (Å²) in [5.41, 5.74) is 2.58. The van der Waals surface area contributed by atoms with Gasteiger partial charge in [0.2, 0.25) is 0 Å². The molecule has 4 nitrogen and oxygen atoms in total. The zero-order valence-electron chi connectivity index (χ0n) is 10.1. The molecule has 5 heteroatoms. The van der Waals surface area contributed by atoms with Crippen LogP contribution >= 0.6 is 11.5 Å². The molecular weight excluding hydrogens is 234 g/mol. The maximum absolute atomic E-state index is 10.3. The summed E-state index contributed by atoms with van der Waals surface area (Å²) in [6, 6.07) is 3.78. The third kappa shape index (κ3) is 2.50. The van der Waals surface area contributed by atoms with E-state index in [1.807, 2.05) is 32.9 Å². The Kier molecular flexibility index (Phi) is 3.49. The summed E-state index contributed by atoms with van der Waals surface area (Å²) in [6.45, 7) is 6.00. The lowest BCUT2D eigenvalue weighted by Gasteiger charge is -2.11. The fraction of sp³-hybridized carbons (Fsp3) is 0.417. The molecule has 90 valence electrons. The SMILES string of the molecule is Cc1ccc(C(O)c2snnc2C(C)C)cn1. The minimum Gasteiger partial charge on any atom is -0.383 e. The Labute approximate surface area is 105 Å². The Bertz CT molecular complexity index is 493. The van der Waals surface area contributed by atoms with Gasteiger partial charge < -0.3 is 5.11 Å². The molecule has 1 atom stereocenters. The van der Waals surface area contributed by atoms with Crippen LogP contribution in [0.4, 0.5) is 0 Å². The van der Waals surface area contributed by atoms with E-state index in [0.29, 0.717) is 0 Å². The molecule has 0 aromatic carbocycles. The van der Waals surface area contributed by atoms with Gasteiger partial charge >= 0.3 is 0 Å². The molecule has 0 amide bonds. The molecule has 0 fully saturated rings. The molecule has 0 saturated heterocycles. The highest BCUT2D eigenvalue weighted by atomic mass is 32.1. The van der Waals surface area contributed by atoms with Crippen molar-refractivity contribution in [2.45, 2.75) is 32.8 Å². The topological polar surface area (TPSA) is 58.9 Å². The van der Waals surface area contributed by atoms with Crippen molar-refractivity contribution < 1.29 is 5.11 Å². The number of aliphatic hydroxyl groups is 1. The molecule has 1 unspecified atom stereocenters. The lowest BCUT2D eigenvalue weighted by atomic mass is 10.0. The minimum absolute atomic E-state index is 0.261. The van der Waals surface area contributed by atoms with Crippen LogP contribution < -0.4 is 0 Å². The first-order valence-corrected chi connectivity index (χ1v) is 6.29. The van der Waals surface area contributed by atoms with E-state index in [-0.39, 0.29) is 5.92 Å². The van der Waals surface area contributed by atoms with Crippen molar-refractivity contribution in [2.24, 2.45) is 0 Å². The normalized spacial score (nSPS) is 13.0. The van der Waals surface area contributed by atoms with E-state index in [2.05, 4.69) is 14.6 Å². The smallest absolute Gasteiger partial charge is 0.118 e. The number of pyridine rings is 1. The Morgan fingerprint density at radius 2 is 2.06 bits per heavy atom. The van der Waals surface area contributed by atoms with Crippen molar-refractivity contribution in [2.75, 3.05) is 0 Å². The molecule has 0 aliphatic carbocycles. The largest absolute Gasteiger partial charge is 0.383 e. The van der Waals surface area contributed by atoms with Crippen molar-refractivity contribution in [3.63, 3.8) is 0 Å². The maximum atomic E-state index is 10.3. The van der Waals surface area contributed by atoms with E-state index in [1.165, 1.54) is 11.5 Å². The van der Waals surface area contributed by atoms with Crippen molar-refractivity contribution in [3.8, 4) is 0 Å². The monoisotopic (exact) mass is 249 g/mol. The quantitative estimate of drug-likeness (QED) is 0.907. The van der Waals surface area contributed by atoms with E-state index >= 15 is 0 Å². The summed E-state index contributed by atoms with van der Waals surface area (Å²) < 4.78 is 3.92. The number of rotatable bonds is 3. The summed E-state index contributed by atoms with van der Waals surface area (Å²) in [7, 11) is 0. The van der Waals surface area contributed by atoms with Crippen LogP contribution in [0.3, 0.4) is 0 Å². The molecule has 0 bridgehead atoms. The Morgan fingerprint density at radius 1 is 1.29 bits per heavy atom. The summed E-state index contributed by atoms with van der Waals surface area (Å²) >= 11 is 1.25. The molecule has 1 N–H and O–H groups in total. The van der Waals surface area contributed by atoms with E-state index in [4.69, 9.17) is 0 Å². The highest BCUT2D eigenvalue weighted by Crippen LogP contribution is 2.30. The van der Waals surface area contributed by atoms with E-state index in [0.717, 1.165) is 21.8 Å². The van der Waals surface area contributed by atoms with E-state index < -0.39 is 6.10 Å². The number of aromatic nitrogens is 3. The lowest BCUT2D eigenvalue weighted by Crippen LogP contribution is -2.03. The van der Waals surface area contributed by atoms with Crippen LogP contribution in [0.5, 0.6) is 0 Å². The lowest BCUT2D eigenvalue weighted by molar-refractivity contribution is 0.222. The number of hydrogen-bond acceptors (Lipinski definition) is 5. The molecule has 0 spiro atoms. The second kappa shape index (κ2) is 4.89. The third-order valence-corrected chi connectivity index (χ3v) is 3.38. The predicted octanol–water partition coefficient (Wildman–Crippen LogP) is 2.45.